The number of hydrogen-bond donors (Lipinski definition) is 0. The summed E-state index contributed by atoms with van der Waals surface area (Å²) in [5.74, 6) is -0.353. The van der Waals surface area contributed by atoms with E-state index < -0.39 is 21.6 Å². The molecule has 0 aliphatic carbocycles. The Kier molecular flexibility index (Phi) is 3.32. The van der Waals surface area contributed by atoms with Crippen molar-refractivity contribution in [3.63, 3.8) is 0 Å². The molecule has 1 aliphatic rings. The fourth-order valence-corrected chi connectivity index (χ4v) is 4.00. The highest BCUT2D eigenvalue weighted by Gasteiger charge is 2.37. The molecule has 114 valence electrons. The lowest BCUT2D eigenvalue weighted by Crippen LogP contribution is -2.16. The van der Waals surface area contributed by atoms with Crippen molar-refractivity contribution < 1.29 is 21.6 Å². The molecule has 2 aromatic rings. The van der Waals surface area contributed by atoms with Gasteiger partial charge in [-0.05, 0) is 23.8 Å². The van der Waals surface area contributed by atoms with Crippen LogP contribution in [0.4, 0.5) is 13.2 Å². The maximum absolute atomic E-state index is 13.1. The van der Waals surface area contributed by atoms with E-state index in [0.29, 0.717) is 11.3 Å². The van der Waals surface area contributed by atoms with Crippen molar-refractivity contribution in [2.75, 3.05) is 0 Å². The van der Waals surface area contributed by atoms with Gasteiger partial charge in [0.25, 0.3) is 0 Å². The first-order chi connectivity index (χ1) is 10.3. The number of alkyl halides is 3. The number of aromatic nitrogens is 1. The highest BCUT2D eigenvalue weighted by molar-refractivity contribution is 8.00. The van der Waals surface area contributed by atoms with Crippen molar-refractivity contribution in [1.29, 1.82) is 0 Å². The third-order valence-corrected chi connectivity index (χ3v) is 5.07. The largest absolute Gasteiger partial charge is 0.417 e. The number of benzene rings is 1. The molecular formula is C15H10F3NO2S. The summed E-state index contributed by atoms with van der Waals surface area (Å²) < 4.78 is 64.1. The molecule has 0 N–H and O–H groups in total. The van der Waals surface area contributed by atoms with Crippen molar-refractivity contribution in [3.8, 4) is 0 Å². The van der Waals surface area contributed by atoms with Crippen LogP contribution in [0.15, 0.2) is 42.6 Å². The Labute approximate surface area is 125 Å². The average Bonchev–Trinajstić information content (AvgIpc) is 2.44. The number of nitrogens with zero attached hydrogens (tertiary/aromatic N) is 1. The predicted octanol–water partition coefficient (Wildman–Crippen LogP) is 3.53. The molecule has 7 heteroatoms. The third-order valence-electron chi connectivity index (χ3n) is 3.37. The number of hydrogen-bond acceptors (Lipinski definition) is 3. The second-order valence-corrected chi connectivity index (χ2v) is 6.82. The summed E-state index contributed by atoms with van der Waals surface area (Å²) in [5, 5.41) is 0. The standard InChI is InChI=1S/C15H10F3NO2S/c16-15(17,18)12-6-2-1-5-11(12)14-8-13-10(4-3-7-19-13)9-22(14,20)21/h1-8H,9H2. The summed E-state index contributed by atoms with van der Waals surface area (Å²) in [4.78, 5) is 3.69. The summed E-state index contributed by atoms with van der Waals surface area (Å²) >= 11 is 0. The van der Waals surface area contributed by atoms with Gasteiger partial charge in [-0.3, -0.25) is 4.98 Å². The van der Waals surface area contributed by atoms with Crippen LogP contribution < -0.4 is 0 Å². The van der Waals surface area contributed by atoms with Gasteiger partial charge in [0, 0.05) is 11.8 Å². The van der Waals surface area contributed by atoms with Gasteiger partial charge in [-0.15, -0.1) is 0 Å². The van der Waals surface area contributed by atoms with Crippen LogP contribution in [-0.2, 0) is 21.8 Å². The summed E-state index contributed by atoms with van der Waals surface area (Å²) in [6.45, 7) is 0. The molecule has 0 amide bonds. The van der Waals surface area contributed by atoms with Gasteiger partial charge in [-0.25, -0.2) is 8.42 Å². The van der Waals surface area contributed by atoms with Gasteiger partial charge in [0.15, 0.2) is 9.84 Å². The molecule has 1 aliphatic heterocycles. The van der Waals surface area contributed by atoms with Crippen molar-refractivity contribution in [3.05, 3.63) is 65.0 Å². The molecule has 0 bridgehead atoms. The van der Waals surface area contributed by atoms with Crippen molar-refractivity contribution >= 4 is 20.8 Å². The third kappa shape index (κ3) is 2.52. The van der Waals surface area contributed by atoms with E-state index in [4.69, 9.17) is 0 Å². The van der Waals surface area contributed by atoms with Crippen LogP contribution >= 0.6 is 0 Å². The normalized spacial score (nSPS) is 16.8. The molecular weight excluding hydrogens is 315 g/mol. The van der Waals surface area contributed by atoms with E-state index in [1.165, 1.54) is 30.5 Å². The first kappa shape index (κ1) is 14.8. The molecule has 0 fully saturated rings. The average molecular weight is 325 g/mol. The van der Waals surface area contributed by atoms with Crippen LogP contribution in [0.5, 0.6) is 0 Å². The van der Waals surface area contributed by atoms with Crippen LogP contribution in [0, 0.1) is 0 Å². The lowest BCUT2D eigenvalue weighted by atomic mass is 10.0. The monoisotopic (exact) mass is 325 g/mol. The Hall–Kier alpha value is -2.15. The Morgan fingerprint density at radius 1 is 1.05 bits per heavy atom. The molecule has 0 saturated carbocycles. The first-order valence-electron chi connectivity index (χ1n) is 6.34. The zero-order chi connectivity index (χ0) is 16.0. The fourth-order valence-electron chi connectivity index (χ4n) is 2.39. The minimum absolute atomic E-state index is 0.341. The van der Waals surface area contributed by atoms with E-state index in [0.717, 1.165) is 6.07 Å². The van der Waals surface area contributed by atoms with E-state index in [1.54, 1.807) is 12.1 Å². The van der Waals surface area contributed by atoms with Crippen LogP contribution in [0.1, 0.15) is 22.4 Å². The lowest BCUT2D eigenvalue weighted by molar-refractivity contribution is -0.137. The van der Waals surface area contributed by atoms with E-state index in [1.807, 2.05) is 0 Å². The minimum atomic E-state index is -4.63. The first-order valence-corrected chi connectivity index (χ1v) is 7.99. The van der Waals surface area contributed by atoms with Gasteiger partial charge in [0.05, 0.1) is 21.9 Å². The van der Waals surface area contributed by atoms with Gasteiger partial charge < -0.3 is 0 Å². The van der Waals surface area contributed by atoms with Crippen molar-refractivity contribution in [2.45, 2.75) is 11.9 Å². The molecule has 0 radical (unpaired) electrons. The van der Waals surface area contributed by atoms with Gasteiger partial charge in [0.1, 0.15) is 0 Å². The number of fused-ring (bicyclic) bond motifs is 1. The zero-order valence-electron chi connectivity index (χ0n) is 11.1. The predicted molar refractivity (Wildman–Crippen MR) is 76.2 cm³/mol. The Balaban J connectivity index is 2.27. The zero-order valence-corrected chi connectivity index (χ0v) is 11.9. The maximum atomic E-state index is 13.1. The number of pyridine rings is 1. The molecule has 0 atom stereocenters. The molecule has 2 heterocycles. The molecule has 3 rings (SSSR count). The second-order valence-electron chi connectivity index (χ2n) is 4.86. The van der Waals surface area contributed by atoms with Crippen LogP contribution in [-0.4, -0.2) is 13.4 Å². The number of sulfone groups is 1. The van der Waals surface area contributed by atoms with E-state index >= 15 is 0 Å². The smallest absolute Gasteiger partial charge is 0.257 e. The van der Waals surface area contributed by atoms with Gasteiger partial charge in [-0.1, -0.05) is 24.3 Å². The minimum Gasteiger partial charge on any atom is -0.257 e. The maximum Gasteiger partial charge on any atom is 0.417 e. The summed E-state index contributed by atoms with van der Waals surface area (Å²) in [7, 11) is -3.85. The fraction of sp³-hybridized carbons (Fsp3) is 0.133. The Bertz CT molecular complexity index is 870. The van der Waals surface area contributed by atoms with Gasteiger partial charge >= 0.3 is 6.18 Å². The molecule has 0 spiro atoms. The molecule has 3 nitrogen and oxygen atoms in total. The topological polar surface area (TPSA) is 47.0 Å². The van der Waals surface area contributed by atoms with Crippen LogP contribution in [0.25, 0.3) is 11.0 Å². The van der Waals surface area contributed by atoms with Crippen LogP contribution in [0.3, 0.4) is 0 Å². The quantitative estimate of drug-likeness (QED) is 0.806. The SMILES string of the molecule is O=S1(=O)Cc2cccnc2C=C1c1ccccc1C(F)(F)F. The van der Waals surface area contributed by atoms with E-state index in [9.17, 15) is 21.6 Å². The summed E-state index contributed by atoms with van der Waals surface area (Å²) in [6, 6.07) is 7.85. The lowest BCUT2D eigenvalue weighted by Gasteiger charge is -2.19. The summed E-state index contributed by atoms with van der Waals surface area (Å²) in [5.41, 5.74) is -0.449. The van der Waals surface area contributed by atoms with Crippen molar-refractivity contribution in [1.82, 2.24) is 4.98 Å². The molecule has 0 unspecified atom stereocenters. The van der Waals surface area contributed by atoms with E-state index in [-0.39, 0.29) is 16.2 Å². The molecule has 1 aromatic carbocycles. The van der Waals surface area contributed by atoms with Crippen molar-refractivity contribution in [2.24, 2.45) is 0 Å². The van der Waals surface area contributed by atoms with Gasteiger partial charge in [0.2, 0.25) is 0 Å². The number of rotatable bonds is 1. The highest BCUT2D eigenvalue weighted by Crippen LogP contribution is 2.39. The second kappa shape index (κ2) is 4.95. The summed E-state index contributed by atoms with van der Waals surface area (Å²) in [6.07, 6.45) is -1.95. The van der Waals surface area contributed by atoms with E-state index in [2.05, 4.69) is 4.98 Å². The Morgan fingerprint density at radius 3 is 2.50 bits per heavy atom. The Morgan fingerprint density at radius 2 is 1.77 bits per heavy atom. The highest BCUT2D eigenvalue weighted by atomic mass is 32.2. The van der Waals surface area contributed by atoms with Crippen LogP contribution in [0.2, 0.25) is 0 Å². The molecule has 1 aromatic heterocycles. The molecule has 22 heavy (non-hydrogen) atoms. The number of halogens is 3. The van der Waals surface area contributed by atoms with Gasteiger partial charge in [-0.2, -0.15) is 13.2 Å². The molecule has 0 saturated heterocycles.